The Morgan fingerprint density at radius 1 is 1.35 bits per heavy atom. The van der Waals surface area contributed by atoms with Crippen LogP contribution in [0.2, 0.25) is 0 Å². The number of carbonyl (C=O) groups is 1. The van der Waals surface area contributed by atoms with Crippen LogP contribution >= 0.6 is 0 Å². The van der Waals surface area contributed by atoms with E-state index in [-0.39, 0.29) is 18.7 Å². The number of hydrogen-bond donors (Lipinski definition) is 2. The minimum atomic E-state index is -0.0128. The van der Waals surface area contributed by atoms with Crippen molar-refractivity contribution in [3.05, 3.63) is 35.4 Å². The minimum Gasteiger partial charge on any atom is -0.396 e. The first-order valence-electron chi connectivity index (χ1n) is 8.48. The van der Waals surface area contributed by atoms with Crippen LogP contribution < -0.4 is 5.32 Å². The summed E-state index contributed by atoms with van der Waals surface area (Å²) in [5, 5.41) is 12.2. The van der Waals surface area contributed by atoms with E-state index in [9.17, 15) is 4.79 Å². The third kappa shape index (κ3) is 5.52. The van der Waals surface area contributed by atoms with E-state index in [1.54, 1.807) is 0 Å². The van der Waals surface area contributed by atoms with Crippen molar-refractivity contribution in [2.24, 2.45) is 0 Å². The highest BCUT2D eigenvalue weighted by Gasteiger charge is 2.25. The molecule has 0 spiro atoms. The third-order valence-corrected chi connectivity index (χ3v) is 4.28. The third-order valence-electron chi connectivity index (χ3n) is 4.28. The number of aliphatic hydroxyl groups excluding tert-OH is 1. The quantitative estimate of drug-likeness (QED) is 0.845. The number of rotatable bonds is 6. The zero-order valence-electron chi connectivity index (χ0n) is 14.3. The molecular formula is C18H29N3O2. The van der Waals surface area contributed by atoms with E-state index in [1.165, 1.54) is 5.56 Å². The first-order valence-corrected chi connectivity index (χ1v) is 8.48. The fourth-order valence-electron chi connectivity index (χ4n) is 3.20. The van der Waals surface area contributed by atoms with E-state index in [1.807, 2.05) is 31.1 Å². The number of nitrogens with one attached hydrogen (secondary N) is 1. The van der Waals surface area contributed by atoms with Crippen molar-refractivity contribution >= 4 is 6.03 Å². The maximum absolute atomic E-state index is 12.4. The summed E-state index contributed by atoms with van der Waals surface area (Å²) in [6, 6.07) is 8.49. The molecule has 1 saturated heterocycles. The summed E-state index contributed by atoms with van der Waals surface area (Å²) in [6.45, 7) is 2.37. The van der Waals surface area contributed by atoms with Crippen LogP contribution in [0.5, 0.6) is 0 Å². The molecule has 1 atom stereocenters. The van der Waals surface area contributed by atoms with Gasteiger partial charge in [-0.05, 0) is 50.9 Å². The molecular weight excluding hydrogens is 290 g/mol. The number of likely N-dealkylation sites (tertiary alicyclic amines) is 1. The van der Waals surface area contributed by atoms with Gasteiger partial charge in [-0.3, -0.25) is 0 Å². The minimum absolute atomic E-state index is 0.0128. The monoisotopic (exact) mass is 319 g/mol. The molecule has 1 unspecified atom stereocenters. The number of carbonyl (C=O) groups excluding carboxylic acids is 1. The molecule has 0 saturated carbocycles. The molecule has 1 aliphatic rings. The zero-order valence-corrected chi connectivity index (χ0v) is 14.3. The molecule has 2 N–H and O–H groups in total. The van der Waals surface area contributed by atoms with Crippen LogP contribution in [0, 0.1) is 0 Å². The van der Waals surface area contributed by atoms with E-state index >= 15 is 0 Å². The SMILES string of the molecule is CN(C)Cc1cccc(CNC(=O)N2CCCCC2CCO)c1. The van der Waals surface area contributed by atoms with Gasteiger partial charge >= 0.3 is 6.03 Å². The van der Waals surface area contributed by atoms with Gasteiger partial charge in [0.2, 0.25) is 0 Å². The second-order valence-corrected chi connectivity index (χ2v) is 6.57. The molecule has 0 bridgehead atoms. The average molecular weight is 319 g/mol. The average Bonchev–Trinajstić information content (AvgIpc) is 2.53. The van der Waals surface area contributed by atoms with Crippen LogP contribution in [0.4, 0.5) is 4.79 Å². The Balaban J connectivity index is 1.90. The number of hydrogen-bond acceptors (Lipinski definition) is 3. The Hall–Kier alpha value is -1.59. The predicted molar refractivity (Wildman–Crippen MR) is 92.1 cm³/mol. The van der Waals surface area contributed by atoms with Crippen LogP contribution in [-0.2, 0) is 13.1 Å². The Labute approximate surface area is 139 Å². The van der Waals surface area contributed by atoms with Gasteiger partial charge in [-0.2, -0.15) is 0 Å². The lowest BCUT2D eigenvalue weighted by Gasteiger charge is -2.35. The molecule has 5 heteroatoms. The largest absolute Gasteiger partial charge is 0.396 e. The van der Waals surface area contributed by atoms with Crippen LogP contribution in [0.25, 0.3) is 0 Å². The highest BCUT2D eigenvalue weighted by Crippen LogP contribution is 2.19. The van der Waals surface area contributed by atoms with Gasteiger partial charge in [0.15, 0.2) is 0 Å². The molecule has 1 heterocycles. The standard InChI is InChI=1S/C18H29N3O2/c1-20(2)14-16-7-5-6-15(12-16)13-19-18(23)21-10-4-3-8-17(21)9-11-22/h5-7,12,17,22H,3-4,8-11,13-14H2,1-2H3,(H,19,23). The molecule has 0 aromatic heterocycles. The Kier molecular flexibility index (Phi) is 6.86. The lowest BCUT2D eigenvalue weighted by atomic mass is 10.0. The summed E-state index contributed by atoms with van der Waals surface area (Å²) in [5.41, 5.74) is 2.37. The van der Waals surface area contributed by atoms with Gasteiger partial charge in [0.05, 0.1) is 0 Å². The van der Waals surface area contributed by atoms with Crippen molar-refractivity contribution in [3.63, 3.8) is 0 Å². The molecule has 23 heavy (non-hydrogen) atoms. The number of piperidine rings is 1. The number of nitrogens with zero attached hydrogens (tertiary/aromatic N) is 2. The fraction of sp³-hybridized carbons (Fsp3) is 0.611. The Morgan fingerprint density at radius 3 is 2.87 bits per heavy atom. The molecule has 5 nitrogen and oxygen atoms in total. The summed E-state index contributed by atoms with van der Waals surface area (Å²) in [4.78, 5) is 16.5. The zero-order chi connectivity index (χ0) is 16.7. The van der Waals surface area contributed by atoms with Crippen molar-refractivity contribution in [2.75, 3.05) is 27.2 Å². The van der Waals surface area contributed by atoms with E-state index in [0.717, 1.165) is 37.9 Å². The Morgan fingerprint density at radius 2 is 2.13 bits per heavy atom. The van der Waals surface area contributed by atoms with Crippen LogP contribution in [-0.4, -0.2) is 54.2 Å². The van der Waals surface area contributed by atoms with E-state index in [4.69, 9.17) is 5.11 Å². The van der Waals surface area contributed by atoms with Gasteiger partial charge in [0, 0.05) is 32.3 Å². The maximum atomic E-state index is 12.4. The molecule has 1 aromatic carbocycles. The summed E-state index contributed by atoms with van der Waals surface area (Å²) in [7, 11) is 4.10. The molecule has 128 valence electrons. The maximum Gasteiger partial charge on any atom is 0.317 e. The van der Waals surface area contributed by atoms with Crippen LogP contribution in [0.3, 0.4) is 0 Å². The lowest BCUT2D eigenvalue weighted by molar-refractivity contribution is 0.131. The van der Waals surface area contributed by atoms with Gasteiger partial charge in [-0.25, -0.2) is 4.79 Å². The lowest BCUT2D eigenvalue weighted by Crippen LogP contribution is -2.48. The summed E-state index contributed by atoms with van der Waals surface area (Å²) >= 11 is 0. The summed E-state index contributed by atoms with van der Waals surface area (Å²) in [5.74, 6) is 0. The highest BCUT2D eigenvalue weighted by atomic mass is 16.3. The molecule has 1 aliphatic heterocycles. The predicted octanol–water partition coefficient (Wildman–Crippen LogP) is 2.19. The normalized spacial score (nSPS) is 18.3. The van der Waals surface area contributed by atoms with Gasteiger partial charge in [0.1, 0.15) is 0 Å². The van der Waals surface area contributed by atoms with E-state index in [2.05, 4.69) is 22.3 Å². The van der Waals surface area contributed by atoms with Gasteiger partial charge in [-0.1, -0.05) is 24.3 Å². The molecule has 2 rings (SSSR count). The number of aliphatic hydroxyl groups is 1. The molecule has 1 fully saturated rings. The van der Waals surface area contributed by atoms with Crippen molar-refractivity contribution in [3.8, 4) is 0 Å². The van der Waals surface area contributed by atoms with Crippen molar-refractivity contribution in [2.45, 2.75) is 44.8 Å². The van der Waals surface area contributed by atoms with E-state index < -0.39 is 0 Å². The number of benzene rings is 1. The molecule has 0 radical (unpaired) electrons. The van der Waals surface area contributed by atoms with Gasteiger partial charge < -0.3 is 20.2 Å². The first kappa shape index (κ1) is 17.8. The smallest absolute Gasteiger partial charge is 0.317 e. The van der Waals surface area contributed by atoms with Crippen LogP contribution in [0.15, 0.2) is 24.3 Å². The highest BCUT2D eigenvalue weighted by molar-refractivity contribution is 5.74. The number of urea groups is 1. The van der Waals surface area contributed by atoms with E-state index in [0.29, 0.717) is 13.0 Å². The van der Waals surface area contributed by atoms with Crippen LogP contribution in [0.1, 0.15) is 36.8 Å². The first-order chi connectivity index (χ1) is 11.1. The fourth-order valence-corrected chi connectivity index (χ4v) is 3.20. The summed E-state index contributed by atoms with van der Waals surface area (Å²) < 4.78 is 0. The molecule has 1 aromatic rings. The van der Waals surface area contributed by atoms with Crippen molar-refractivity contribution in [1.82, 2.24) is 15.1 Å². The second kappa shape index (κ2) is 8.89. The molecule has 0 aliphatic carbocycles. The van der Waals surface area contributed by atoms with Gasteiger partial charge in [0.25, 0.3) is 0 Å². The second-order valence-electron chi connectivity index (χ2n) is 6.57. The number of amides is 2. The van der Waals surface area contributed by atoms with Gasteiger partial charge in [-0.15, -0.1) is 0 Å². The summed E-state index contributed by atoms with van der Waals surface area (Å²) in [6.07, 6.45) is 3.85. The topological polar surface area (TPSA) is 55.8 Å². The van der Waals surface area contributed by atoms with Crippen molar-refractivity contribution in [1.29, 1.82) is 0 Å². The van der Waals surface area contributed by atoms with Crippen molar-refractivity contribution < 1.29 is 9.90 Å². The Bertz CT molecular complexity index is 503. The molecule has 2 amide bonds.